The van der Waals surface area contributed by atoms with E-state index in [0.717, 1.165) is 16.7 Å². The Morgan fingerprint density at radius 3 is 2.46 bits per heavy atom. The summed E-state index contributed by atoms with van der Waals surface area (Å²) in [4.78, 5) is 12.0. The fourth-order valence-corrected chi connectivity index (χ4v) is 2.42. The van der Waals surface area contributed by atoms with Crippen LogP contribution in [0.3, 0.4) is 0 Å². The van der Waals surface area contributed by atoms with Crippen molar-refractivity contribution >= 4 is 5.91 Å². The monoisotopic (exact) mass is 353 g/mol. The van der Waals surface area contributed by atoms with Gasteiger partial charge in [-0.3, -0.25) is 4.79 Å². The summed E-state index contributed by atoms with van der Waals surface area (Å²) in [5.41, 5.74) is 2.83. The molecule has 2 aromatic rings. The Balaban J connectivity index is 1.83. The van der Waals surface area contributed by atoms with E-state index in [1.54, 1.807) is 13.2 Å². The van der Waals surface area contributed by atoms with Crippen molar-refractivity contribution in [2.24, 2.45) is 0 Å². The van der Waals surface area contributed by atoms with E-state index in [9.17, 15) is 4.79 Å². The van der Waals surface area contributed by atoms with Gasteiger partial charge in [0, 0.05) is 13.0 Å². The van der Waals surface area contributed by atoms with Crippen LogP contribution in [0.25, 0.3) is 0 Å². The topological polar surface area (TPSA) is 67.8 Å². The lowest BCUT2D eigenvalue weighted by Crippen LogP contribution is -2.23. The molecule has 0 saturated heterocycles. The average Bonchev–Trinajstić information content (AvgIpc) is 2.69. The van der Waals surface area contributed by atoms with Crippen LogP contribution in [0.5, 0.6) is 11.5 Å². The fraction of sp³-hybridized carbons (Fsp3) is 0.286. The zero-order valence-corrected chi connectivity index (χ0v) is 14.8. The molecule has 2 rings (SSSR count). The zero-order chi connectivity index (χ0) is 18.8. The molecule has 0 radical (unpaired) electrons. The molecular weight excluding hydrogens is 330 g/mol. The molecule has 0 bridgehead atoms. The summed E-state index contributed by atoms with van der Waals surface area (Å²) in [6, 6.07) is 13.0. The molecule has 0 aliphatic heterocycles. The quantitative estimate of drug-likeness (QED) is 0.680. The fourth-order valence-electron chi connectivity index (χ4n) is 2.42. The van der Waals surface area contributed by atoms with Gasteiger partial charge in [0.15, 0.2) is 11.5 Å². The molecule has 0 atom stereocenters. The van der Waals surface area contributed by atoms with E-state index in [1.165, 1.54) is 0 Å². The third kappa shape index (κ3) is 5.83. The van der Waals surface area contributed by atoms with Gasteiger partial charge in [-0.2, -0.15) is 0 Å². The zero-order valence-electron chi connectivity index (χ0n) is 14.8. The van der Waals surface area contributed by atoms with E-state index in [-0.39, 0.29) is 19.1 Å². The molecule has 0 unspecified atom stereocenters. The number of carbonyl (C=O) groups is 1. The van der Waals surface area contributed by atoms with Crippen LogP contribution in [-0.2, 0) is 24.4 Å². The van der Waals surface area contributed by atoms with Crippen molar-refractivity contribution < 1.29 is 19.4 Å². The van der Waals surface area contributed by atoms with E-state index in [4.69, 9.17) is 21.0 Å². The number of methoxy groups -OCH3 is 1. The molecule has 0 aliphatic rings. The standard InChI is InChI=1S/C21H23NO4/c1-3-12-26-19-10-8-16(13-20(19)25-2)9-11-21(24)22-14-17-4-6-18(15-23)7-5-17/h1,4-8,10,13,23H,9,11-12,14-15H2,2H3,(H,22,24). The number of ether oxygens (including phenoxy) is 2. The van der Waals surface area contributed by atoms with Crippen LogP contribution in [0.15, 0.2) is 42.5 Å². The maximum absolute atomic E-state index is 12.0. The smallest absolute Gasteiger partial charge is 0.220 e. The van der Waals surface area contributed by atoms with Crippen molar-refractivity contribution in [2.45, 2.75) is 26.0 Å². The van der Waals surface area contributed by atoms with Gasteiger partial charge in [-0.25, -0.2) is 0 Å². The number of benzene rings is 2. The van der Waals surface area contributed by atoms with Crippen LogP contribution in [-0.4, -0.2) is 24.7 Å². The summed E-state index contributed by atoms with van der Waals surface area (Å²) in [6.07, 6.45) is 6.17. The molecule has 2 N–H and O–H groups in total. The highest BCUT2D eigenvalue weighted by molar-refractivity contribution is 5.76. The second-order valence-corrected chi connectivity index (χ2v) is 5.73. The van der Waals surface area contributed by atoms with Crippen molar-refractivity contribution in [3.8, 4) is 23.8 Å². The lowest BCUT2D eigenvalue weighted by Gasteiger charge is -2.11. The highest BCUT2D eigenvalue weighted by Crippen LogP contribution is 2.28. The van der Waals surface area contributed by atoms with E-state index in [2.05, 4.69) is 11.2 Å². The number of terminal acetylenes is 1. The number of aliphatic hydroxyl groups is 1. The number of amides is 1. The maximum Gasteiger partial charge on any atom is 0.220 e. The van der Waals surface area contributed by atoms with Gasteiger partial charge in [-0.15, -0.1) is 6.42 Å². The van der Waals surface area contributed by atoms with Crippen LogP contribution in [0.2, 0.25) is 0 Å². The Bertz CT molecular complexity index is 763. The SMILES string of the molecule is C#CCOc1ccc(CCC(=O)NCc2ccc(CO)cc2)cc1OC. The molecule has 0 saturated carbocycles. The summed E-state index contributed by atoms with van der Waals surface area (Å²) in [6.45, 7) is 0.660. The minimum Gasteiger partial charge on any atom is -0.493 e. The molecule has 1 amide bonds. The molecule has 5 heteroatoms. The summed E-state index contributed by atoms with van der Waals surface area (Å²) in [5.74, 6) is 3.57. The first-order chi connectivity index (χ1) is 12.7. The normalized spacial score (nSPS) is 10.0. The van der Waals surface area contributed by atoms with Gasteiger partial charge < -0.3 is 19.9 Å². The molecule has 26 heavy (non-hydrogen) atoms. The summed E-state index contributed by atoms with van der Waals surface area (Å²) >= 11 is 0. The molecule has 136 valence electrons. The molecule has 0 heterocycles. The highest BCUT2D eigenvalue weighted by Gasteiger charge is 2.08. The van der Waals surface area contributed by atoms with Crippen LogP contribution in [0, 0.1) is 12.3 Å². The number of rotatable bonds is 9. The van der Waals surface area contributed by atoms with Gasteiger partial charge in [0.25, 0.3) is 0 Å². The largest absolute Gasteiger partial charge is 0.493 e. The summed E-state index contributed by atoms with van der Waals surface area (Å²) in [5, 5.41) is 11.9. The van der Waals surface area contributed by atoms with Gasteiger partial charge in [0.1, 0.15) is 6.61 Å². The third-order valence-corrected chi connectivity index (χ3v) is 3.88. The number of aliphatic hydroxyl groups excluding tert-OH is 1. The second kappa shape index (κ2) is 10.1. The molecule has 0 spiro atoms. The van der Waals surface area contributed by atoms with Crippen molar-refractivity contribution in [3.05, 3.63) is 59.2 Å². The van der Waals surface area contributed by atoms with E-state index < -0.39 is 0 Å². The van der Waals surface area contributed by atoms with Crippen LogP contribution in [0.4, 0.5) is 0 Å². The van der Waals surface area contributed by atoms with Crippen LogP contribution >= 0.6 is 0 Å². The lowest BCUT2D eigenvalue weighted by atomic mass is 10.1. The Labute approximate surface area is 154 Å². The van der Waals surface area contributed by atoms with E-state index >= 15 is 0 Å². The number of nitrogens with one attached hydrogen (secondary N) is 1. The Hall–Kier alpha value is -2.97. The van der Waals surface area contributed by atoms with Gasteiger partial charge >= 0.3 is 0 Å². The summed E-state index contributed by atoms with van der Waals surface area (Å²) < 4.78 is 10.7. The first-order valence-electron chi connectivity index (χ1n) is 8.34. The molecule has 0 aliphatic carbocycles. The minimum absolute atomic E-state index is 0.0165. The van der Waals surface area contributed by atoms with E-state index in [1.807, 2.05) is 36.4 Å². The number of aryl methyl sites for hydroxylation is 1. The van der Waals surface area contributed by atoms with Crippen molar-refractivity contribution in [1.29, 1.82) is 0 Å². The van der Waals surface area contributed by atoms with Crippen LogP contribution < -0.4 is 14.8 Å². The van der Waals surface area contributed by atoms with Crippen molar-refractivity contribution in [2.75, 3.05) is 13.7 Å². The number of hydrogen-bond donors (Lipinski definition) is 2. The van der Waals surface area contributed by atoms with Gasteiger partial charge in [0.2, 0.25) is 5.91 Å². The Kier molecular flexibility index (Phi) is 7.53. The Morgan fingerprint density at radius 2 is 1.81 bits per heavy atom. The minimum atomic E-state index is -0.0251. The molecule has 0 aromatic heterocycles. The molecule has 5 nitrogen and oxygen atoms in total. The second-order valence-electron chi connectivity index (χ2n) is 5.73. The predicted octanol–water partition coefficient (Wildman–Crippen LogP) is 2.45. The average molecular weight is 353 g/mol. The first kappa shape index (κ1) is 19.4. The Morgan fingerprint density at radius 1 is 1.12 bits per heavy atom. The number of carbonyl (C=O) groups excluding carboxylic acids is 1. The predicted molar refractivity (Wildman–Crippen MR) is 99.9 cm³/mol. The van der Waals surface area contributed by atoms with Gasteiger partial charge in [-0.1, -0.05) is 36.3 Å². The van der Waals surface area contributed by atoms with Gasteiger partial charge in [0.05, 0.1) is 13.7 Å². The maximum atomic E-state index is 12.0. The third-order valence-electron chi connectivity index (χ3n) is 3.88. The van der Waals surface area contributed by atoms with E-state index in [0.29, 0.717) is 30.9 Å². The lowest BCUT2D eigenvalue weighted by molar-refractivity contribution is -0.121. The molecule has 2 aromatic carbocycles. The first-order valence-corrected chi connectivity index (χ1v) is 8.34. The molecular formula is C21H23NO4. The number of hydrogen-bond acceptors (Lipinski definition) is 4. The van der Waals surface area contributed by atoms with Crippen molar-refractivity contribution in [3.63, 3.8) is 0 Å². The van der Waals surface area contributed by atoms with Gasteiger partial charge in [-0.05, 0) is 35.2 Å². The molecule has 0 fully saturated rings. The summed E-state index contributed by atoms with van der Waals surface area (Å²) in [7, 11) is 1.57. The highest BCUT2D eigenvalue weighted by atomic mass is 16.5. The van der Waals surface area contributed by atoms with Crippen molar-refractivity contribution in [1.82, 2.24) is 5.32 Å². The van der Waals surface area contributed by atoms with Crippen LogP contribution in [0.1, 0.15) is 23.1 Å².